The zero-order valence-electron chi connectivity index (χ0n) is 14.7. The Labute approximate surface area is 192 Å². The minimum Gasteiger partial charge on any atom is -0.253 e. The fraction of sp³-hybridized carbons (Fsp3) is 0.294. The molecule has 1 aliphatic heterocycles. The highest BCUT2D eigenvalue weighted by Gasteiger charge is 2.63. The first kappa shape index (κ1) is 23.3. The molecular weight excluding hydrogens is 509 g/mol. The zero-order valence-corrected chi connectivity index (χ0v) is 19.3. The van der Waals surface area contributed by atoms with Crippen molar-refractivity contribution in [2.45, 2.75) is 22.3 Å². The van der Waals surface area contributed by atoms with E-state index in [1.807, 2.05) is 0 Å². The van der Waals surface area contributed by atoms with Gasteiger partial charge in [-0.3, -0.25) is 4.18 Å². The maximum absolute atomic E-state index is 14.6. The third kappa shape index (κ3) is 5.29. The van der Waals surface area contributed by atoms with Crippen LogP contribution in [-0.2, 0) is 20.0 Å². The van der Waals surface area contributed by atoms with Gasteiger partial charge in [0.25, 0.3) is 0 Å². The summed E-state index contributed by atoms with van der Waals surface area (Å²) in [5.41, 5.74) is 0.0108. The minimum absolute atomic E-state index is 0.221. The normalized spacial score (nSPS) is 24.5. The third-order valence-electron chi connectivity index (χ3n) is 4.50. The summed E-state index contributed by atoms with van der Waals surface area (Å²) < 4.78 is 42.0. The Balaban J connectivity index is 1.95. The Morgan fingerprint density at radius 1 is 1.14 bits per heavy atom. The fourth-order valence-electron chi connectivity index (χ4n) is 3.08. The molecule has 0 amide bonds. The van der Waals surface area contributed by atoms with Gasteiger partial charge in [-0.05, 0) is 36.8 Å². The highest BCUT2D eigenvalue weighted by molar-refractivity contribution is 7.84. The lowest BCUT2D eigenvalue weighted by molar-refractivity contribution is 0.284. The van der Waals surface area contributed by atoms with Crippen molar-refractivity contribution >= 4 is 68.3 Å². The van der Waals surface area contributed by atoms with Crippen molar-refractivity contribution in [1.29, 1.82) is 0 Å². The van der Waals surface area contributed by atoms with Crippen LogP contribution in [0.2, 0.25) is 10.0 Å². The number of benzene rings is 2. The number of hydrogen-bond donors (Lipinski definition) is 1. The molecule has 3 rings (SSSR count). The molecule has 3 atom stereocenters. The van der Waals surface area contributed by atoms with E-state index in [-0.39, 0.29) is 10.6 Å². The summed E-state index contributed by atoms with van der Waals surface area (Å²) in [7, 11) is -4.35. The SMILES string of the molecule is C[C@@]1(c2ccc(Cl)cc2)[C@@H](c2ccc(Cl)cc2F)N1NS(=O)(=O)OCC(Cl)(Cl)Cl. The van der Waals surface area contributed by atoms with Gasteiger partial charge < -0.3 is 0 Å². The summed E-state index contributed by atoms with van der Waals surface area (Å²) in [4.78, 5) is 2.27. The van der Waals surface area contributed by atoms with Gasteiger partial charge in [-0.15, -0.1) is 4.83 Å². The molecule has 1 unspecified atom stereocenters. The predicted molar refractivity (Wildman–Crippen MR) is 113 cm³/mol. The molecule has 0 aromatic heterocycles. The highest BCUT2D eigenvalue weighted by Crippen LogP contribution is 2.59. The number of nitrogens with zero attached hydrogens (tertiary/aromatic N) is 1. The maximum atomic E-state index is 14.6. The summed E-state index contributed by atoms with van der Waals surface area (Å²) in [6, 6.07) is 10.2. The van der Waals surface area contributed by atoms with E-state index in [2.05, 4.69) is 4.83 Å². The number of rotatable bonds is 6. The molecule has 0 aliphatic carbocycles. The summed E-state index contributed by atoms with van der Waals surface area (Å²) >= 11 is 28.4. The van der Waals surface area contributed by atoms with Crippen LogP contribution < -0.4 is 4.83 Å². The molecule has 1 saturated heterocycles. The quantitative estimate of drug-likeness (QED) is 0.400. The zero-order chi connectivity index (χ0) is 21.6. The average molecular weight is 523 g/mol. The Kier molecular flexibility index (Phi) is 6.67. The number of alkyl halides is 3. The van der Waals surface area contributed by atoms with E-state index in [9.17, 15) is 12.8 Å². The first-order valence-corrected chi connectivity index (χ1v) is 11.4. The topological polar surface area (TPSA) is 58.4 Å². The second-order valence-corrected chi connectivity index (χ2v) is 11.2. The highest BCUT2D eigenvalue weighted by atomic mass is 35.6. The second kappa shape index (κ2) is 8.30. The predicted octanol–water partition coefficient (Wildman–Crippen LogP) is 5.54. The van der Waals surface area contributed by atoms with E-state index in [1.165, 1.54) is 17.1 Å². The summed E-state index contributed by atoms with van der Waals surface area (Å²) in [5, 5.41) is 2.06. The third-order valence-corrected chi connectivity index (χ3v) is 6.16. The summed E-state index contributed by atoms with van der Waals surface area (Å²) in [6.45, 7) is 1.05. The molecule has 158 valence electrons. The lowest BCUT2D eigenvalue weighted by Gasteiger charge is -2.15. The van der Waals surface area contributed by atoms with Gasteiger partial charge in [0.2, 0.25) is 3.79 Å². The van der Waals surface area contributed by atoms with E-state index in [0.29, 0.717) is 10.6 Å². The van der Waals surface area contributed by atoms with Crippen molar-refractivity contribution in [2.75, 3.05) is 6.61 Å². The molecule has 1 N–H and O–H groups in total. The van der Waals surface area contributed by atoms with E-state index in [1.54, 1.807) is 31.2 Å². The molecule has 2 aromatic rings. The number of hydrazine groups is 1. The van der Waals surface area contributed by atoms with Gasteiger partial charge in [-0.1, -0.05) is 76.2 Å². The van der Waals surface area contributed by atoms with Crippen molar-refractivity contribution in [3.8, 4) is 0 Å². The second-order valence-electron chi connectivity index (χ2n) is 6.52. The molecule has 2 aromatic carbocycles. The molecule has 29 heavy (non-hydrogen) atoms. The number of hydrogen-bond acceptors (Lipinski definition) is 4. The van der Waals surface area contributed by atoms with Crippen molar-refractivity contribution in [3.05, 3.63) is 69.5 Å². The Hall–Kier alpha value is -0.350. The van der Waals surface area contributed by atoms with Gasteiger partial charge in [-0.2, -0.15) is 8.42 Å². The smallest absolute Gasteiger partial charge is 0.253 e. The van der Waals surface area contributed by atoms with Gasteiger partial charge in [0.1, 0.15) is 12.4 Å². The van der Waals surface area contributed by atoms with Crippen LogP contribution in [-0.4, -0.2) is 23.8 Å². The van der Waals surface area contributed by atoms with Crippen LogP contribution in [0.1, 0.15) is 24.1 Å². The van der Waals surface area contributed by atoms with Crippen molar-refractivity contribution in [3.63, 3.8) is 0 Å². The molecule has 0 saturated carbocycles. The average Bonchev–Trinajstić information content (AvgIpc) is 3.17. The number of halogens is 6. The molecule has 5 nitrogen and oxygen atoms in total. The standard InChI is InChI=1S/C17H14Cl5FN2O3S/c1-16(10-2-4-11(18)5-3-10)15(13-7-6-12(19)8-14(13)23)25(16)24-29(26,27)28-9-17(20,21)22/h2-8,15,24H,9H2,1H3/t15-,16-,25?/m1/s1. The molecule has 0 spiro atoms. The Morgan fingerprint density at radius 2 is 1.72 bits per heavy atom. The van der Waals surface area contributed by atoms with Crippen LogP contribution in [0.3, 0.4) is 0 Å². The minimum atomic E-state index is -4.35. The summed E-state index contributed by atoms with van der Waals surface area (Å²) in [5.74, 6) is -0.577. The molecule has 1 aliphatic rings. The number of nitrogens with one attached hydrogen (secondary N) is 1. The van der Waals surface area contributed by atoms with E-state index >= 15 is 0 Å². The van der Waals surface area contributed by atoms with Gasteiger partial charge >= 0.3 is 10.3 Å². The van der Waals surface area contributed by atoms with E-state index in [4.69, 9.17) is 62.2 Å². The van der Waals surface area contributed by atoms with Crippen LogP contribution >= 0.6 is 58.0 Å². The molecule has 0 bridgehead atoms. The van der Waals surface area contributed by atoms with Crippen LogP contribution in [0.25, 0.3) is 0 Å². The first-order chi connectivity index (χ1) is 13.3. The lowest BCUT2D eigenvalue weighted by atomic mass is 9.93. The van der Waals surface area contributed by atoms with Crippen LogP contribution in [0.15, 0.2) is 42.5 Å². The van der Waals surface area contributed by atoms with Crippen LogP contribution in [0.4, 0.5) is 4.39 Å². The maximum Gasteiger partial charge on any atom is 0.349 e. The molecular formula is C17H14Cl5FN2O3S. The molecule has 1 heterocycles. The van der Waals surface area contributed by atoms with Crippen LogP contribution in [0, 0.1) is 5.82 Å². The lowest BCUT2D eigenvalue weighted by Crippen LogP contribution is -2.35. The van der Waals surface area contributed by atoms with Gasteiger partial charge in [-0.25, -0.2) is 9.40 Å². The largest absolute Gasteiger partial charge is 0.349 e. The monoisotopic (exact) mass is 520 g/mol. The molecule has 12 heteroatoms. The Bertz CT molecular complexity index is 1020. The van der Waals surface area contributed by atoms with Gasteiger partial charge in [0.15, 0.2) is 0 Å². The summed E-state index contributed by atoms with van der Waals surface area (Å²) in [6.07, 6.45) is 0. The van der Waals surface area contributed by atoms with Gasteiger partial charge in [0.05, 0.1) is 11.6 Å². The van der Waals surface area contributed by atoms with Crippen molar-refractivity contribution < 1.29 is 17.0 Å². The van der Waals surface area contributed by atoms with Crippen molar-refractivity contribution in [2.24, 2.45) is 0 Å². The molecule has 0 radical (unpaired) electrons. The Morgan fingerprint density at radius 3 is 2.28 bits per heavy atom. The van der Waals surface area contributed by atoms with E-state index < -0.39 is 38.1 Å². The first-order valence-electron chi connectivity index (χ1n) is 8.07. The van der Waals surface area contributed by atoms with Gasteiger partial charge in [0, 0.05) is 15.6 Å². The molecule has 1 fully saturated rings. The van der Waals surface area contributed by atoms with Crippen molar-refractivity contribution in [1.82, 2.24) is 9.84 Å². The van der Waals surface area contributed by atoms with Crippen LogP contribution in [0.5, 0.6) is 0 Å². The fourth-order valence-corrected chi connectivity index (χ4v) is 4.64. The van der Waals surface area contributed by atoms with E-state index in [0.717, 1.165) is 6.07 Å².